The number of likely N-dealkylation sites (tertiary alicyclic amines) is 1. The summed E-state index contributed by atoms with van der Waals surface area (Å²) in [5.41, 5.74) is 16.1. The maximum Gasteiger partial charge on any atom is 0.326 e. The number of carbonyl (C=O) groups is 7. The number of hydrogen-bond donors (Lipinski definition) is 8. The number of unbranched alkanes of at least 4 members (excludes halogenated alkanes) is 1. The van der Waals surface area contributed by atoms with Crippen molar-refractivity contribution in [2.75, 3.05) is 19.6 Å². The fourth-order valence-corrected chi connectivity index (χ4v) is 4.07. The average Bonchev–Trinajstić information content (AvgIpc) is 3.38. The van der Waals surface area contributed by atoms with Gasteiger partial charge in [0.1, 0.15) is 24.2 Å². The maximum absolute atomic E-state index is 12.8. The molecule has 0 aromatic heterocycles. The van der Waals surface area contributed by atoms with Crippen LogP contribution in [0.25, 0.3) is 0 Å². The highest BCUT2D eigenvalue weighted by Crippen LogP contribution is 2.18. The Morgan fingerprint density at radius 3 is 2.20 bits per heavy atom. The van der Waals surface area contributed by atoms with Gasteiger partial charge in [-0.25, -0.2) is 4.79 Å². The Morgan fingerprint density at radius 1 is 0.950 bits per heavy atom. The van der Waals surface area contributed by atoms with Gasteiger partial charge < -0.3 is 48.5 Å². The Balaban J connectivity index is 2.76. The largest absolute Gasteiger partial charge is 0.480 e. The number of nitrogens with zero attached hydrogens (tertiary/aromatic N) is 1. The van der Waals surface area contributed by atoms with Crippen molar-refractivity contribution in [2.24, 2.45) is 17.2 Å². The van der Waals surface area contributed by atoms with Crippen LogP contribution >= 0.6 is 0 Å². The second-order valence-corrected chi connectivity index (χ2v) is 9.74. The number of carboxylic acid groups (broad SMARTS) is 1. The van der Waals surface area contributed by atoms with Gasteiger partial charge in [-0.1, -0.05) is 0 Å². The Morgan fingerprint density at radius 2 is 1.62 bits per heavy atom. The van der Waals surface area contributed by atoms with Crippen LogP contribution in [0.3, 0.4) is 0 Å². The number of nitrogens with one attached hydrogen (secondary N) is 4. The molecule has 0 radical (unpaired) electrons. The van der Waals surface area contributed by atoms with Gasteiger partial charge in [-0.3, -0.25) is 28.8 Å². The molecule has 0 unspecified atom stereocenters. The topological polar surface area (TPSA) is 269 Å². The summed E-state index contributed by atoms with van der Waals surface area (Å²) in [7, 11) is 0. The molecule has 16 heteroatoms. The number of nitrogens with two attached hydrogens (primary N) is 3. The van der Waals surface area contributed by atoms with E-state index in [9.17, 15) is 38.7 Å². The van der Waals surface area contributed by atoms with Gasteiger partial charge in [-0.15, -0.1) is 0 Å². The van der Waals surface area contributed by atoms with Gasteiger partial charge in [0.05, 0.1) is 12.6 Å². The Hall–Kier alpha value is -3.79. The molecule has 0 saturated carbocycles. The Labute approximate surface area is 232 Å². The van der Waals surface area contributed by atoms with E-state index in [0.717, 1.165) is 0 Å². The first-order chi connectivity index (χ1) is 18.8. The van der Waals surface area contributed by atoms with Crippen LogP contribution in [0.1, 0.15) is 58.8 Å². The molecule has 1 aliphatic heterocycles. The Kier molecular flexibility index (Phi) is 14.6. The van der Waals surface area contributed by atoms with E-state index < -0.39 is 78.2 Å². The number of hydrogen-bond acceptors (Lipinski definition) is 9. The third-order valence-corrected chi connectivity index (χ3v) is 6.30. The van der Waals surface area contributed by atoms with Gasteiger partial charge in [0.25, 0.3) is 0 Å². The van der Waals surface area contributed by atoms with E-state index in [1.165, 1.54) is 18.7 Å². The van der Waals surface area contributed by atoms with Crippen molar-refractivity contribution in [3.05, 3.63) is 0 Å². The summed E-state index contributed by atoms with van der Waals surface area (Å²) in [4.78, 5) is 86.8. The molecule has 16 nitrogen and oxygen atoms in total. The minimum Gasteiger partial charge on any atom is -0.480 e. The molecule has 0 aliphatic carbocycles. The van der Waals surface area contributed by atoms with Crippen LogP contribution in [-0.2, 0) is 33.6 Å². The molecular weight excluding hydrogens is 528 g/mol. The molecule has 1 heterocycles. The molecule has 5 atom stereocenters. The number of aliphatic carboxylic acids is 1. The summed E-state index contributed by atoms with van der Waals surface area (Å²) >= 11 is 0. The number of rotatable bonds is 17. The first-order valence-electron chi connectivity index (χ1n) is 13.2. The quantitative estimate of drug-likeness (QED) is 0.0795. The summed E-state index contributed by atoms with van der Waals surface area (Å²) in [5.74, 6) is -5.18. The van der Waals surface area contributed by atoms with E-state index in [0.29, 0.717) is 32.2 Å². The van der Waals surface area contributed by atoms with Gasteiger partial charge in [-0.05, 0) is 58.9 Å². The lowest BCUT2D eigenvalue weighted by Crippen LogP contribution is -2.55. The van der Waals surface area contributed by atoms with Crippen LogP contribution in [0, 0.1) is 0 Å². The monoisotopic (exact) mass is 570 g/mol. The second-order valence-electron chi connectivity index (χ2n) is 9.74. The van der Waals surface area contributed by atoms with Crippen LogP contribution in [0.15, 0.2) is 0 Å². The van der Waals surface area contributed by atoms with Crippen molar-refractivity contribution < 1.29 is 38.7 Å². The minimum atomic E-state index is -1.28. The number of primary amides is 1. The fraction of sp³-hybridized carbons (Fsp3) is 0.708. The lowest BCUT2D eigenvalue weighted by molar-refractivity contribution is -0.142. The van der Waals surface area contributed by atoms with E-state index in [4.69, 9.17) is 17.2 Å². The van der Waals surface area contributed by atoms with E-state index in [2.05, 4.69) is 21.3 Å². The summed E-state index contributed by atoms with van der Waals surface area (Å²) in [6.45, 7) is 3.05. The van der Waals surface area contributed by atoms with E-state index in [-0.39, 0.29) is 25.8 Å². The summed E-state index contributed by atoms with van der Waals surface area (Å²) in [5, 5.41) is 19.1. The summed E-state index contributed by atoms with van der Waals surface area (Å²) < 4.78 is 0. The standard InChI is InChI=1S/C24H42N8O8/c1-13(26)20(35)29-14(2)23(38)32-11-5-7-17(32)22(37)28-12-19(34)30-15(8-9-18(27)33)21(36)31-16(24(39)40)6-3-4-10-25/h13-17H,3-12,25-26H2,1-2H3,(H2,27,33)(H,28,37)(H,29,35)(H,30,34)(H,31,36)(H,39,40)/t13-,14-,15-,16-,17-/m0/s1. The lowest BCUT2D eigenvalue weighted by atomic mass is 10.1. The molecule has 0 aromatic carbocycles. The number of amides is 6. The molecule has 1 rings (SSSR count). The van der Waals surface area contributed by atoms with Crippen molar-refractivity contribution in [2.45, 2.75) is 89.0 Å². The fourth-order valence-electron chi connectivity index (χ4n) is 4.07. The zero-order valence-electron chi connectivity index (χ0n) is 22.9. The smallest absolute Gasteiger partial charge is 0.326 e. The molecule has 40 heavy (non-hydrogen) atoms. The first-order valence-corrected chi connectivity index (χ1v) is 13.2. The van der Waals surface area contributed by atoms with Crippen molar-refractivity contribution in [3.63, 3.8) is 0 Å². The SMILES string of the molecule is C[C@H](N)C(=O)N[C@@H](C)C(=O)N1CCC[C@H]1C(=O)NCC(=O)N[C@@H](CCC(N)=O)C(=O)N[C@@H](CCCCN)C(=O)O. The van der Waals surface area contributed by atoms with Crippen molar-refractivity contribution in [1.82, 2.24) is 26.2 Å². The van der Waals surface area contributed by atoms with Gasteiger partial charge in [-0.2, -0.15) is 0 Å². The normalized spacial score (nSPS) is 17.6. The molecule has 6 amide bonds. The molecule has 0 spiro atoms. The van der Waals surface area contributed by atoms with E-state index in [1.807, 2.05) is 0 Å². The van der Waals surface area contributed by atoms with Gasteiger partial charge in [0, 0.05) is 13.0 Å². The number of carboxylic acids is 1. The molecule has 1 saturated heterocycles. The van der Waals surface area contributed by atoms with Gasteiger partial charge >= 0.3 is 5.97 Å². The molecule has 0 bridgehead atoms. The van der Waals surface area contributed by atoms with E-state index >= 15 is 0 Å². The Bertz CT molecular complexity index is 944. The van der Waals surface area contributed by atoms with Crippen LogP contribution in [-0.4, -0.2) is 101 Å². The zero-order chi connectivity index (χ0) is 30.4. The third kappa shape index (κ3) is 11.5. The van der Waals surface area contributed by atoms with Gasteiger partial charge in [0.15, 0.2) is 0 Å². The number of carbonyl (C=O) groups excluding carboxylic acids is 6. The predicted octanol–water partition coefficient (Wildman–Crippen LogP) is -3.61. The summed E-state index contributed by atoms with van der Waals surface area (Å²) in [6.07, 6.45) is 1.57. The highest BCUT2D eigenvalue weighted by Gasteiger charge is 2.36. The van der Waals surface area contributed by atoms with Crippen LogP contribution in [0.4, 0.5) is 0 Å². The molecule has 1 fully saturated rings. The third-order valence-electron chi connectivity index (χ3n) is 6.30. The lowest BCUT2D eigenvalue weighted by Gasteiger charge is -2.27. The molecule has 11 N–H and O–H groups in total. The molecule has 0 aromatic rings. The van der Waals surface area contributed by atoms with Crippen LogP contribution in [0.2, 0.25) is 0 Å². The second kappa shape index (κ2) is 17.0. The van der Waals surface area contributed by atoms with E-state index in [1.54, 1.807) is 0 Å². The highest BCUT2D eigenvalue weighted by atomic mass is 16.4. The molecule has 1 aliphatic rings. The van der Waals surface area contributed by atoms with Gasteiger partial charge in [0.2, 0.25) is 35.4 Å². The highest BCUT2D eigenvalue weighted by molar-refractivity contribution is 5.95. The van der Waals surface area contributed by atoms with Crippen molar-refractivity contribution in [1.29, 1.82) is 0 Å². The van der Waals surface area contributed by atoms with Crippen LogP contribution < -0.4 is 38.5 Å². The van der Waals surface area contributed by atoms with Crippen molar-refractivity contribution in [3.8, 4) is 0 Å². The maximum atomic E-state index is 12.8. The summed E-state index contributed by atoms with van der Waals surface area (Å²) in [6, 6.07) is -5.10. The average molecular weight is 571 g/mol. The van der Waals surface area contributed by atoms with Crippen molar-refractivity contribution >= 4 is 41.4 Å². The molecule has 226 valence electrons. The first kappa shape index (κ1) is 34.2. The zero-order valence-corrected chi connectivity index (χ0v) is 22.9. The van der Waals surface area contributed by atoms with Crippen LogP contribution in [0.5, 0.6) is 0 Å². The molecular formula is C24H42N8O8. The predicted molar refractivity (Wildman–Crippen MR) is 142 cm³/mol. The minimum absolute atomic E-state index is 0.120.